The molecule has 0 spiro atoms. The van der Waals surface area contributed by atoms with E-state index in [-0.39, 0.29) is 11.5 Å². The average molecular weight is 297 g/mol. The predicted molar refractivity (Wildman–Crippen MR) is 91.3 cm³/mol. The van der Waals surface area contributed by atoms with Gasteiger partial charge in [-0.3, -0.25) is 4.99 Å². The van der Waals surface area contributed by atoms with E-state index in [1.54, 1.807) is 30.5 Å². The summed E-state index contributed by atoms with van der Waals surface area (Å²) < 4.78 is 0. The van der Waals surface area contributed by atoms with E-state index in [4.69, 9.17) is 0 Å². The summed E-state index contributed by atoms with van der Waals surface area (Å²) in [4.78, 5) is 4.25. The summed E-state index contributed by atoms with van der Waals surface area (Å²) >= 11 is 0. The van der Waals surface area contributed by atoms with E-state index in [0.717, 1.165) is 12.8 Å². The molecule has 0 saturated heterocycles. The van der Waals surface area contributed by atoms with Crippen molar-refractivity contribution in [3.05, 3.63) is 53.6 Å². The zero-order valence-electron chi connectivity index (χ0n) is 13.0. The van der Waals surface area contributed by atoms with Gasteiger partial charge in [-0.1, -0.05) is 44.4 Å². The second-order valence-electron chi connectivity index (χ2n) is 5.45. The van der Waals surface area contributed by atoms with Crippen molar-refractivity contribution in [3.8, 4) is 11.5 Å². The highest BCUT2D eigenvalue weighted by Crippen LogP contribution is 2.26. The smallest absolute Gasteiger partial charge is 0.141 e. The first-order valence-corrected chi connectivity index (χ1v) is 7.84. The third-order valence-corrected chi connectivity index (χ3v) is 3.64. The Morgan fingerprint density at radius 2 is 1.77 bits per heavy atom. The zero-order chi connectivity index (χ0) is 15.8. The number of hydrogen-bond acceptors (Lipinski definition) is 3. The molecule has 0 heterocycles. The van der Waals surface area contributed by atoms with E-state index in [0.29, 0.717) is 11.3 Å². The SMILES string of the molecule is CCCCCCc1ccc(O)c(C=Nc2ccccc2O)c1. The molecule has 0 radical (unpaired) electrons. The number of hydrogen-bond donors (Lipinski definition) is 2. The van der Waals surface area contributed by atoms with Gasteiger partial charge in [0, 0.05) is 11.8 Å². The van der Waals surface area contributed by atoms with Crippen molar-refractivity contribution in [2.24, 2.45) is 4.99 Å². The van der Waals surface area contributed by atoms with E-state index in [1.165, 1.54) is 24.8 Å². The van der Waals surface area contributed by atoms with Gasteiger partial charge in [-0.05, 0) is 42.7 Å². The van der Waals surface area contributed by atoms with Gasteiger partial charge in [0.05, 0.1) is 0 Å². The molecule has 3 heteroatoms. The molecule has 0 fully saturated rings. The van der Waals surface area contributed by atoms with Gasteiger partial charge in [-0.2, -0.15) is 0 Å². The standard InChI is InChI=1S/C19H23NO2/c1-2-3-4-5-8-15-11-12-18(21)16(13-15)14-20-17-9-6-7-10-19(17)22/h6-7,9-14,21-22H,2-5,8H2,1H3. The van der Waals surface area contributed by atoms with Gasteiger partial charge in [-0.15, -0.1) is 0 Å². The van der Waals surface area contributed by atoms with Crippen molar-refractivity contribution < 1.29 is 10.2 Å². The zero-order valence-corrected chi connectivity index (χ0v) is 13.0. The molecule has 0 atom stereocenters. The fraction of sp³-hybridized carbons (Fsp3) is 0.316. The van der Waals surface area contributed by atoms with Crippen molar-refractivity contribution in [3.63, 3.8) is 0 Å². The van der Waals surface area contributed by atoms with Gasteiger partial charge in [0.2, 0.25) is 0 Å². The molecule has 0 unspecified atom stereocenters. The predicted octanol–water partition coefficient (Wildman–Crippen LogP) is 4.97. The van der Waals surface area contributed by atoms with Crippen LogP contribution in [0.5, 0.6) is 11.5 Å². The Morgan fingerprint density at radius 1 is 0.955 bits per heavy atom. The molecule has 2 aromatic rings. The monoisotopic (exact) mass is 297 g/mol. The lowest BCUT2D eigenvalue weighted by Gasteiger charge is -2.05. The molecule has 2 rings (SSSR count). The molecule has 0 bridgehead atoms. The highest BCUT2D eigenvalue weighted by atomic mass is 16.3. The van der Waals surface area contributed by atoms with Crippen LogP contribution < -0.4 is 0 Å². The number of rotatable bonds is 7. The number of aromatic hydroxyl groups is 2. The Bertz CT molecular complexity index is 635. The number of aryl methyl sites for hydroxylation is 1. The minimum absolute atomic E-state index is 0.133. The Balaban J connectivity index is 2.08. The van der Waals surface area contributed by atoms with Gasteiger partial charge in [0.25, 0.3) is 0 Å². The first kappa shape index (κ1) is 16.1. The van der Waals surface area contributed by atoms with Gasteiger partial charge in [0.1, 0.15) is 17.2 Å². The van der Waals surface area contributed by atoms with Crippen LogP contribution in [-0.4, -0.2) is 16.4 Å². The lowest BCUT2D eigenvalue weighted by Crippen LogP contribution is -1.90. The van der Waals surface area contributed by atoms with Gasteiger partial charge >= 0.3 is 0 Å². The van der Waals surface area contributed by atoms with Crippen molar-refractivity contribution >= 4 is 11.9 Å². The van der Waals surface area contributed by atoms with Crippen molar-refractivity contribution in [2.75, 3.05) is 0 Å². The number of aliphatic imine (C=N–C) groups is 1. The number of nitrogens with zero attached hydrogens (tertiary/aromatic N) is 1. The van der Waals surface area contributed by atoms with E-state index in [9.17, 15) is 10.2 Å². The van der Waals surface area contributed by atoms with Crippen LogP contribution in [-0.2, 0) is 6.42 Å². The van der Waals surface area contributed by atoms with Crippen molar-refractivity contribution in [1.82, 2.24) is 0 Å². The van der Waals surface area contributed by atoms with Crippen LogP contribution in [0.2, 0.25) is 0 Å². The maximum atomic E-state index is 9.94. The normalized spacial score (nSPS) is 11.1. The Labute approximate surface area is 132 Å². The van der Waals surface area contributed by atoms with Crippen LogP contribution in [0.15, 0.2) is 47.5 Å². The number of unbranched alkanes of at least 4 members (excludes halogenated alkanes) is 3. The number of phenolic OH excluding ortho intramolecular Hbond substituents is 2. The maximum absolute atomic E-state index is 9.94. The van der Waals surface area contributed by atoms with E-state index < -0.39 is 0 Å². The molecule has 116 valence electrons. The summed E-state index contributed by atoms with van der Waals surface area (Å²) in [6.07, 6.45) is 7.50. The largest absolute Gasteiger partial charge is 0.507 e. The van der Waals surface area contributed by atoms with Crippen LogP contribution in [0.1, 0.15) is 43.7 Å². The summed E-state index contributed by atoms with van der Waals surface area (Å²) in [5.41, 5.74) is 2.37. The van der Waals surface area contributed by atoms with Crippen LogP contribution in [0.4, 0.5) is 5.69 Å². The van der Waals surface area contributed by atoms with Crippen LogP contribution in [0.3, 0.4) is 0 Å². The lowest BCUT2D eigenvalue weighted by molar-refractivity contribution is 0.473. The van der Waals surface area contributed by atoms with Crippen LogP contribution in [0, 0.1) is 0 Å². The molecule has 2 N–H and O–H groups in total. The number of para-hydroxylation sites is 2. The number of benzene rings is 2. The minimum Gasteiger partial charge on any atom is -0.507 e. The highest BCUT2D eigenvalue weighted by Gasteiger charge is 2.02. The quantitative estimate of drug-likeness (QED) is 0.560. The average Bonchev–Trinajstić information content (AvgIpc) is 2.53. The van der Waals surface area contributed by atoms with E-state index in [2.05, 4.69) is 11.9 Å². The molecule has 0 saturated carbocycles. The third kappa shape index (κ3) is 4.62. The molecule has 0 aromatic heterocycles. The molecule has 0 amide bonds. The van der Waals surface area contributed by atoms with E-state index in [1.807, 2.05) is 18.2 Å². The summed E-state index contributed by atoms with van der Waals surface area (Å²) in [5, 5.41) is 19.6. The van der Waals surface area contributed by atoms with E-state index >= 15 is 0 Å². The molecular formula is C19H23NO2. The van der Waals surface area contributed by atoms with Crippen LogP contribution >= 0.6 is 0 Å². The second-order valence-corrected chi connectivity index (χ2v) is 5.45. The lowest BCUT2D eigenvalue weighted by atomic mass is 10.0. The molecule has 0 aliphatic rings. The minimum atomic E-state index is 0.133. The van der Waals surface area contributed by atoms with Gasteiger partial charge in [-0.25, -0.2) is 0 Å². The summed E-state index contributed by atoms with van der Waals surface area (Å²) in [5.74, 6) is 0.338. The molecular weight excluding hydrogens is 274 g/mol. The summed E-state index contributed by atoms with van der Waals surface area (Å²) in [7, 11) is 0. The van der Waals surface area contributed by atoms with Gasteiger partial charge < -0.3 is 10.2 Å². The molecule has 2 aromatic carbocycles. The first-order chi connectivity index (χ1) is 10.7. The van der Waals surface area contributed by atoms with Crippen molar-refractivity contribution in [1.29, 1.82) is 0 Å². The Hall–Kier alpha value is -2.29. The molecule has 3 nitrogen and oxygen atoms in total. The molecule has 0 aliphatic carbocycles. The number of phenols is 2. The highest BCUT2D eigenvalue weighted by molar-refractivity contribution is 5.86. The van der Waals surface area contributed by atoms with Gasteiger partial charge in [0.15, 0.2) is 0 Å². The van der Waals surface area contributed by atoms with Crippen molar-refractivity contribution in [2.45, 2.75) is 39.0 Å². The fourth-order valence-corrected chi connectivity index (χ4v) is 2.33. The summed E-state index contributed by atoms with van der Waals surface area (Å²) in [6.45, 7) is 2.20. The molecule has 0 aliphatic heterocycles. The first-order valence-electron chi connectivity index (χ1n) is 7.84. The summed E-state index contributed by atoms with van der Waals surface area (Å²) in [6, 6.07) is 12.5. The third-order valence-electron chi connectivity index (χ3n) is 3.64. The second kappa shape index (κ2) is 8.23. The molecule has 22 heavy (non-hydrogen) atoms. The Kier molecular flexibility index (Phi) is 6.01. The topological polar surface area (TPSA) is 52.8 Å². The van der Waals surface area contributed by atoms with Crippen LogP contribution in [0.25, 0.3) is 0 Å². The Morgan fingerprint density at radius 3 is 2.55 bits per heavy atom. The maximum Gasteiger partial charge on any atom is 0.141 e. The fourth-order valence-electron chi connectivity index (χ4n) is 2.33.